The van der Waals surface area contributed by atoms with E-state index in [0.717, 1.165) is 21.6 Å². The van der Waals surface area contributed by atoms with Crippen LogP contribution in [0.5, 0.6) is 0 Å². The maximum absolute atomic E-state index is 13.2. The highest BCUT2D eigenvalue weighted by Crippen LogP contribution is 2.30. The van der Waals surface area contributed by atoms with Gasteiger partial charge in [0.25, 0.3) is 5.03 Å². The van der Waals surface area contributed by atoms with Crippen LogP contribution in [0.1, 0.15) is 5.56 Å². The van der Waals surface area contributed by atoms with Gasteiger partial charge in [0.2, 0.25) is 5.91 Å². The summed E-state index contributed by atoms with van der Waals surface area (Å²) in [4.78, 5) is 19.5. The third-order valence-electron chi connectivity index (χ3n) is 4.48. The summed E-state index contributed by atoms with van der Waals surface area (Å²) in [6.07, 6.45) is 1.42. The van der Waals surface area contributed by atoms with E-state index < -0.39 is 0 Å². The number of anilines is 1. The molecule has 0 saturated carbocycles. The molecule has 2 heterocycles. The molecular weight excluding hydrogens is 450 g/mol. The highest BCUT2D eigenvalue weighted by Gasteiger charge is 2.21. The second-order valence-electron chi connectivity index (χ2n) is 6.64. The monoisotopic (exact) mass is 467 g/mol. The lowest BCUT2D eigenvalue weighted by molar-refractivity contribution is -0.645. The van der Waals surface area contributed by atoms with Gasteiger partial charge in [-0.2, -0.15) is 4.73 Å². The molecule has 0 atom stereocenters. The molecule has 5 nitrogen and oxygen atoms in total. The largest absolute Gasteiger partial charge is 0.618 e. The molecule has 0 aliphatic carbocycles. The number of hydrogen-bond acceptors (Lipinski definition) is 5. The van der Waals surface area contributed by atoms with Gasteiger partial charge in [-0.25, -0.2) is 4.98 Å². The molecular formula is C23H18ClN3O2S2. The van der Waals surface area contributed by atoms with E-state index >= 15 is 0 Å². The molecule has 4 rings (SSSR count). The zero-order valence-electron chi connectivity index (χ0n) is 16.3. The molecule has 0 aliphatic heterocycles. The lowest BCUT2D eigenvalue weighted by Gasteiger charge is -2.20. The highest BCUT2D eigenvalue weighted by atomic mass is 35.5. The summed E-state index contributed by atoms with van der Waals surface area (Å²) in [5, 5.41) is 15.6. The molecule has 31 heavy (non-hydrogen) atoms. The molecule has 0 radical (unpaired) electrons. The summed E-state index contributed by atoms with van der Waals surface area (Å²) in [5.41, 5.74) is 2.73. The molecule has 2 aromatic heterocycles. The van der Waals surface area contributed by atoms with Crippen LogP contribution in [0.3, 0.4) is 0 Å². The van der Waals surface area contributed by atoms with E-state index in [1.165, 1.54) is 29.3 Å². The minimum absolute atomic E-state index is 0.116. The molecule has 0 saturated heterocycles. The first kappa shape index (κ1) is 21.4. The van der Waals surface area contributed by atoms with Gasteiger partial charge in [-0.15, -0.1) is 11.3 Å². The van der Waals surface area contributed by atoms with Gasteiger partial charge >= 0.3 is 0 Å². The summed E-state index contributed by atoms with van der Waals surface area (Å²) in [7, 11) is 0. The number of rotatable bonds is 7. The van der Waals surface area contributed by atoms with E-state index in [-0.39, 0.29) is 11.7 Å². The zero-order valence-corrected chi connectivity index (χ0v) is 18.7. The number of hydrogen-bond donors (Lipinski definition) is 0. The predicted octanol–water partition coefficient (Wildman–Crippen LogP) is 5.42. The molecule has 1 amide bonds. The number of halogens is 1. The molecule has 0 bridgehead atoms. The van der Waals surface area contributed by atoms with E-state index in [1.807, 2.05) is 60.0 Å². The number of amides is 1. The minimum Gasteiger partial charge on any atom is -0.618 e. The Bertz CT molecular complexity index is 1170. The average molecular weight is 468 g/mol. The van der Waals surface area contributed by atoms with Gasteiger partial charge in [0, 0.05) is 28.1 Å². The summed E-state index contributed by atoms with van der Waals surface area (Å²) < 4.78 is 0.765. The molecule has 8 heteroatoms. The number of benzene rings is 2. The van der Waals surface area contributed by atoms with Crippen molar-refractivity contribution in [2.24, 2.45) is 0 Å². The van der Waals surface area contributed by atoms with Gasteiger partial charge in [0.05, 0.1) is 18.0 Å². The van der Waals surface area contributed by atoms with E-state index in [1.54, 1.807) is 23.1 Å². The van der Waals surface area contributed by atoms with Crippen molar-refractivity contribution in [1.82, 2.24) is 4.98 Å². The number of nitrogens with zero attached hydrogens (tertiary/aromatic N) is 3. The Morgan fingerprint density at radius 3 is 2.55 bits per heavy atom. The second kappa shape index (κ2) is 9.96. The van der Waals surface area contributed by atoms with Crippen molar-refractivity contribution in [1.29, 1.82) is 0 Å². The Morgan fingerprint density at radius 1 is 1.06 bits per heavy atom. The van der Waals surface area contributed by atoms with Gasteiger partial charge in [0.15, 0.2) is 11.3 Å². The van der Waals surface area contributed by atoms with Crippen molar-refractivity contribution in [3.8, 4) is 11.3 Å². The Hall–Kier alpha value is -2.87. The van der Waals surface area contributed by atoms with Crippen LogP contribution in [0, 0.1) is 5.21 Å². The van der Waals surface area contributed by atoms with Crippen molar-refractivity contribution in [2.45, 2.75) is 11.6 Å². The first-order valence-corrected chi connectivity index (χ1v) is 11.7. The molecule has 0 unspecified atom stereocenters. The SMILES string of the molecule is O=C(CSc1cccc[n+]1[O-])N(Cc1ccccc1)c1nc(-c2ccc(Cl)cc2)cs1. The fraction of sp³-hybridized carbons (Fsp3) is 0.0870. The summed E-state index contributed by atoms with van der Waals surface area (Å²) in [5.74, 6) is 0.0179. The van der Waals surface area contributed by atoms with E-state index in [4.69, 9.17) is 16.6 Å². The summed E-state index contributed by atoms with van der Waals surface area (Å²) in [6.45, 7) is 0.403. The molecule has 0 spiro atoms. The van der Waals surface area contributed by atoms with Crippen LogP contribution in [0.4, 0.5) is 5.13 Å². The summed E-state index contributed by atoms with van der Waals surface area (Å²) >= 11 is 8.61. The topological polar surface area (TPSA) is 60.1 Å². The standard InChI is InChI=1S/C23H18ClN3O2S2/c24-19-11-9-18(10-12-19)20-15-31-23(25-20)26(14-17-6-2-1-3-7-17)21(28)16-30-22-8-4-5-13-27(22)29/h1-13,15H,14,16H2. The van der Waals surface area contributed by atoms with Crippen LogP contribution in [0.2, 0.25) is 5.02 Å². The second-order valence-corrected chi connectivity index (χ2v) is 8.91. The Morgan fingerprint density at radius 2 is 1.81 bits per heavy atom. The third kappa shape index (κ3) is 5.44. The van der Waals surface area contributed by atoms with Gasteiger partial charge in [-0.3, -0.25) is 9.69 Å². The molecule has 2 aromatic carbocycles. The first-order valence-electron chi connectivity index (χ1n) is 9.47. The number of thiazole rings is 1. The van der Waals surface area contributed by atoms with Crippen LogP contribution >= 0.6 is 34.7 Å². The van der Waals surface area contributed by atoms with Crippen LogP contribution < -0.4 is 9.63 Å². The van der Waals surface area contributed by atoms with Crippen molar-refractivity contribution in [3.05, 3.63) is 100 Å². The number of aromatic nitrogens is 2. The Kier molecular flexibility index (Phi) is 6.86. The lowest BCUT2D eigenvalue weighted by atomic mass is 10.2. The maximum atomic E-state index is 13.2. The third-order valence-corrected chi connectivity index (χ3v) is 6.60. The predicted molar refractivity (Wildman–Crippen MR) is 126 cm³/mol. The summed E-state index contributed by atoms with van der Waals surface area (Å²) in [6, 6.07) is 22.4. The van der Waals surface area contributed by atoms with Crippen LogP contribution in [0.25, 0.3) is 11.3 Å². The van der Waals surface area contributed by atoms with E-state index in [2.05, 4.69) is 0 Å². The van der Waals surface area contributed by atoms with Crippen molar-refractivity contribution < 1.29 is 9.52 Å². The average Bonchev–Trinajstić information content (AvgIpc) is 3.28. The lowest BCUT2D eigenvalue weighted by Crippen LogP contribution is -2.33. The normalized spacial score (nSPS) is 10.7. The first-order chi connectivity index (χ1) is 15.1. The smallest absolute Gasteiger partial charge is 0.251 e. The number of carbonyl (C=O) groups excluding carboxylic acids is 1. The van der Waals surface area contributed by atoms with Crippen molar-refractivity contribution in [2.75, 3.05) is 10.7 Å². The van der Waals surface area contributed by atoms with Gasteiger partial charge in [0.1, 0.15) is 0 Å². The number of carbonyl (C=O) groups is 1. The number of pyridine rings is 1. The van der Waals surface area contributed by atoms with Crippen molar-refractivity contribution >= 4 is 45.7 Å². The quantitative estimate of drug-likeness (QED) is 0.207. The van der Waals surface area contributed by atoms with Gasteiger partial charge < -0.3 is 5.21 Å². The Balaban J connectivity index is 1.57. The molecule has 0 N–H and O–H groups in total. The molecule has 156 valence electrons. The van der Waals surface area contributed by atoms with Crippen LogP contribution in [-0.4, -0.2) is 16.6 Å². The van der Waals surface area contributed by atoms with Gasteiger partial charge in [-0.1, -0.05) is 54.1 Å². The van der Waals surface area contributed by atoms with E-state index in [0.29, 0.717) is 21.7 Å². The van der Waals surface area contributed by atoms with Crippen LogP contribution in [0.15, 0.2) is 89.4 Å². The maximum Gasteiger partial charge on any atom is 0.251 e. The fourth-order valence-electron chi connectivity index (χ4n) is 2.91. The minimum atomic E-state index is -0.116. The molecule has 0 aliphatic rings. The Labute approximate surface area is 193 Å². The van der Waals surface area contributed by atoms with Crippen LogP contribution in [-0.2, 0) is 11.3 Å². The van der Waals surface area contributed by atoms with E-state index in [9.17, 15) is 10.0 Å². The molecule has 0 fully saturated rings. The fourth-order valence-corrected chi connectivity index (χ4v) is 4.67. The molecule has 4 aromatic rings. The van der Waals surface area contributed by atoms with Crippen molar-refractivity contribution in [3.63, 3.8) is 0 Å². The highest BCUT2D eigenvalue weighted by molar-refractivity contribution is 7.99. The number of thioether (sulfide) groups is 1. The van der Waals surface area contributed by atoms with Gasteiger partial charge in [-0.05, 0) is 35.5 Å². The zero-order chi connectivity index (χ0) is 21.6.